The van der Waals surface area contributed by atoms with Crippen molar-refractivity contribution >= 4 is 44.3 Å². The number of rotatable bonds is 3. The summed E-state index contributed by atoms with van der Waals surface area (Å²) in [5, 5.41) is 10.4. The highest BCUT2D eigenvalue weighted by Crippen LogP contribution is 2.31. The van der Waals surface area contributed by atoms with Gasteiger partial charge in [-0.3, -0.25) is 0 Å². The molecular formula is C21H21N5O2S. The van der Waals surface area contributed by atoms with Gasteiger partial charge in [0.25, 0.3) is 0 Å². The fraction of sp³-hybridized carbons (Fsp3) is 0.286. The van der Waals surface area contributed by atoms with E-state index in [9.17, 15) is 9.90 Å². The monoisotopic (exact) mass is 407 g/mol. The zero-order valence-corrected chi connectivity index (χ0v) is 16.9. The third-order valence-electron chi connectivity index (χ3n) is 5.44. The van der Waals surface area contributed by atoms with E-state index in [0.717, 1.165) is 54.0 Å². The van der Waals surface area contributed by atoms with E-state index < -0.39 is 5.97 Å². The normalized spacial score (nSPS) is 16.7. The molecule has 3 aromatic rings. The third-order valence-corrected chi connectivity index (χ3v) is 6.53. The Labute approximate surface area is 172 Å². The molecule has 7 nitrogen and oxygen atoms in total. The van der Waals surface area contributed by atoms with E-state index in [2.05, 4.69) is 28.0 Å². The zero-order valence-electron chi connectivity index (χ0n) is 16.1. The molecule has 1 N–H and O–H groups in total. The number of nitrogens with zero attached hydrogens (tertiary/aromatic N) is 5. The summed E-state index contributed by atoms with van der Waals surface area (Å²) in [6, 6.07) is 12.3. The second-order valence-corrected chi connectivity index (χ2v) is 8.35. The van der Waals surface area contributed by atoms with Crippen LogP contribution in [0, 0.1) is 0 Å². The number of thiazole rings is 1. The Hall–Kier alpha value is -3.13. The number of carboxylic acid groups (broad SMARTS) is 1. The number of aromatic nitrogens is 2. The summed E-state index contributed by atoms with van der Waals surface area (Å²) in [6.07, 6.45) is 2.07. The van der Waals surface area contributed by atoms with E-state index in [-0.39, 0.29) is 0 Å². The van der Waals surface area contributed by atoms with Crippen LogP contribution in [0.3, 0.4) is 0 Å². The summed E-state index contributed by atoms with van der Waals surface area (Å²) in [5.41, 5.74) is 2.39. The van der Waals surface area contributed by atoms with Crippen LogP contribution in [0.4, 0.5) is 16.8 Å². The fourth-order valence-electron chi connectivity index (χ4n) is 3.89. The summed E-state index contributed by atoms with van der Waals surface area (Å²) < 4.78 is 1.22. The van der Waals surface area contributed by atoms with Crippen molar-refractivity contribution in [2.24, 2.45) is 0 Å². The van der Waals surface area contributed by atoms with Gasteiger partial charge in [-0.2, -0.15) is 0 Å². The van der Waals surface area contributed by atoms with E-state index in [4.69, 9.17) is 9.97 Å². The third kappa shape index (κ3) is 3.29. The Morgan fingerprint density at radius 1 is 1.03 bits per heavy atom. The number of pyridine rings is 1. The van der Waals surface area contributed by atoms with Gasteiger partial charge in [0.2, 0.25) is 0 Å². The van der Waals surface area contributed by atoms with E-state index in [0.29, 0.717) is 12.0 Å². The molecule has 148 valence electrons. The van der Waals surface area contributed by atoms with Gasteiger partial charge in [0, 0.05) is 45.8 Å². The van der Waals surface area contributed by atoms with Crippen LogP contribution in [0.25, 0.3) is 10.2 Å². The maximum atomic E-state index is 11.3. The van der Waals surface area contributed by atoms with Crippen LogP contribution in [0.1, 0.15) is 5.56 Å². The van der Waals surface area contributed by atoms with Gasteiger partial charge in [-0.25, -0.2) is 14.8 Å². The van der Waals surface area contributed by atoms with Crippen molar-refractivity contribution in [2.45, 2.75) is 6.42 Å². The molecular weight excluding hydrogens is 386 g/mol. The van der Waals surface area contributed by atoms with Crippen LogP contribution in [-0.4, -0.2) is 54.3 Å². The zero-order chi connectivity index (χ0) is 20.0. The maximum Gasteiger partial charge on any atom is 0.333 e. The topological polar surface area (TPSA) is 72.8 Å². The largest absolute Gasteiger partial charge is 0.478 e. The minimum atomic E-state index is -0.877. The number of hydrogen-bond acceptors (Lipinski definition) is 7. The van der Waals surface area contributed by atoms with Crippen LogP contribution >= 0.6 is 11.3 Å². The molecule has 0 radical (unpaired) electrons. The summed E-state index contributed by atoms with van der Waals surface area (Å²) in [6.45, 7) is 3.55. The molecule has 1 saturated heterocycles. The molecule has 5 rings (SSSR count). The molecule has 0 bridgehead atoms. The number of hydrogen-bond donors (Lipinski definition) is 1. The molecule has 2 aliphatic heterocycles. The lowest BCUT2D eigenvalue weighted by atomic mass is 10.0. The predicted molar refractivity (Wildman–Crippen MR) is 116 cm³/mol. The number of para-hydroxylation sites is 1. The minimum Gasteiger partial charge on any atom is -0.478 e. The number of carbonyl (C=O) groups is 1. The average molecular weight is 407 g/mol. The first-order valence-electron chi connectivity index (χ1n) is 9.61. The van der Waals surface area contributed by atoms with Crippen molar-refractivity contribution < 1.29 is 9.90 Å². The Morgan fingerprint density at radius 3 is 2.55 bits per heavy atom. The molecule has 0 spiro atoms. The molecule has 29 heavy (non-hydrogen) atoms. The van der Waals surface area contributed by atoms with Crippen LogP contribution in [0.15, 0.2) is 48.2 Å². The van der Waals surface area contributed by atoms with Crippen LogP contribution in [0.5, 0.6) is 0 Å². The van der Waals surface area contributed by atoms with E-state index in [1.807, 2.05) is 30.1 Å². The highest BCUT2D eigenvalue weighted by Gasteiger charge is 2.24. The fourth-order valence-corrected chi connectivity index (χ4v) is 4.90. The average Bonchev–Trinajstić information content (AvgIpc) is 3.18. The van der Waals surface area contributed by atoms with Crippen LogP contribution < -0.4 is 14.7 Å². The Bertz CT molecular complexity index is 1080. The first kappa shape index (κ1) is 17.9. The number of fused-ring (bicyclic) bond motifs is 2. The highest BCUT2D eigenvalue weighted by atomic mass is 32.1. The molecule has 8 heteroatoms. The predicted octanol–water partition coefficient (Wildman–Crippen LogP) is 2.98. The number of aliphatic carboxylic acids is 1. The number of piperazine rings is 1. The Morgan fingerprint density at radius 2 is 1.79 bits per heavy atom. The smallest absolute Gasteiger partial charge is 0.333 e. The van der Waals surface area contributed by atoms with Gasteiger partial charge in [0.15, 0.2) is 5.13 Å². The number of benzene rings is 1. The molecule has 4 heterocycles. The van der Waals surface area contributed by atoms with Gasteiger partial charge in [-0.15, -0.1) is 0 Å². The van der Waals surface area contributed by atoms with Gasteiger partial charge >= 0.3 is 5.97 Å². The van der Waals surface area contributed by atoms with E-state index in [1.165, 1.54) is 4.70 Å². The summed E-state index contributed by atoms with van der Waals surface area (Å²) in [5.74, 6) is 0.894. The van der Waals surface area contributed by atoms with Crippen molar-refractivity contribution in [2.75, 3.05) is 47.9 Å². The van der Waals surface area contributed by atoms with E-state index in [1.54, 1.807) is 17.5 Å². The van der Waals surface area contributed by atoms with Crippen LogP contribution in [-0.2, 0) is 11.2 Å². The highest BCUT2D eigenvalue weighted by molar-refractivity contribution is 7.22. The quantitative estimate of drug-likeness (QED) is 0.716. The van der Waals surface area contributed by atoms with Crippen LogP contribution in [0.2, 0.25) is 0 Å². The molecule has 1 aromatic carbocycles. The molecule has 0 atom stereocenters. The first-order valence-corrected chi connectivity index (χ1v) is 10.4. The number of carboxylic acids is 1. The Kier molecular flexibility index (Phi) is 4.35. The molecule has 0 amide bonds. The summed E-state index contributed by atoms with van der Waals surface area (Å²) >= 11 is 1.74. The second kappa shape index (κ2) is 7.04. The van der Waals surface area contributed by atoms with E-state index >= 15 is 0 Å². The SMILES string of the molecule is CN1C=C(C(=O)O)Cc2ccc(N3CCN(c4nc5ccccc5s4)CC3)nc21. The lowest BCUT2D eigenvalue weighted by molar-refractivity contribution is -0.132. The molecule has 1 fully saturated rings. The first-order chi connectivity index (χ1) is 14.1. The van der Waals surface area contributed by atoms with Gasteiger partial charge in [0.1, 0.15) is 11.6 Å². The van der Waals surface area contributed by atoms with Crippen molar-refractivity contribution in [3.8, 4) is 0 Å². The van der Waals surface area contributed by atoms with Gasteiger partial charge in [-0.05, 0) is 23.8 Å². The minimum absolute atomic E-state index is 0.388. The molecule has 2 aliphatic rings. The molecule has 0 unspecified atom stereocenters. The van der Waals surface area contributed by atoms with Crippen molar-refractivity contribution in [1.82, 2.24) is 9.97 Å². The Balaban J connectivity index is 1.31. The molecule has 0 aliphatic carbocycles. The van der Waals surface area contributed by atoms with Crippen molar-refractivity contribution in [3.63, 3.8) is 0 Å². The van der Waals surface area contributed by atoms with Gasteiger partial charge in [-0.1, -0.05) is 29.5 Å². The second-order valence-electron chi connectivity index (χ2n) is 7.34. The van der Waals surface area contributed by atoms with Gasteiger partial charge < -0.3 is 19.8 Å². The summed E-state index contributed by atoms with van der Waals surface area (Å²) in [7, 11) is 1.85. The summed E-state index contributed by atoms with van der Waals surface area (Å²) in [4.78, 5) is 27.3. The maximum absolute atomic E-state index is 11.3. The lowest BCUT2D eigenvalue weighted by Gasteiger charge is -2.36. The molecule has 2 aromatic heterocycles. The van der Waals surface area contributed by atoms with Crippen molar-refractivity contribution in [1.29, 1.82) is 0 Å². The van der Waals surface area contributed by atoms with Gasteiger partial charge in [0.05, 0.1) is 15.8 Å². The van der Waals surface area contributed by atoms with Crippen molar-refractivity contribution in [3.05, 3.63) is 53.7 Å². The lowest BCUT2D eigenvalue weighted by Crippen LogP contribution is -2.46. The number of anilines is 3. The standard InChI is InChI=1S/C21H21N5O2S/c1-24-13-15(20(27)28)12-14-6-7-18(23-19(14)24)25-8-10-26(11-9-25)21-22-16-4-2-3-5-17(16)29-21/h2-7,13H,8-12H2,1H3,(H,27,28). The molecule has 0 saturated carbocycles.